The van der Waals surface area contributed by atoms with Crippen molar-refractivity contribution >= 4 is 57.5 Å². The van der Waals surface area contributed by atoms with E-state index >= 15 is 0 Å². The third-order valence-electron chi connectivity index (χ3n) is 10.1. The molecule has 54 heavy (non-hydrogen) atoms. The summed E-state index contributed by atoms with van der Waals surface area (Å²) in [5.74, 6) is 1.53. The second-order valence-corrected chi connectivity index (χ2v) is 14.7. The Kier molecular flexibility index (Phi) is 11.9. The summed E-state index contributed by atoms with van der Waals surface area (Å²) in [6.45, 7) is 7.09. The van der Waals surface area contributed by atoms with Crippen LogP contribution in [0.2, 0.25) is 15.1 Å². The van der Waals surface area contributed by atoms with E-state index in [-0.39, 0.29) is 23.8 Å². The number of methoxy groups -OCH3 is 1. The van der Waals surface area contributed by atoms with Crippen LogP contribution in [-0.4, -0.2) is 70.0 Å². The lowest BCUT2D eigenvalue weighted by molar-refractivity contribution is -0.121. The molecule has 2 saturated heterocycles. The SMILES string of the molecule is C=CC(=O)C1CCCCN1CCn1cnc2c(Oc3cccc(-c4cccc(-c5ccc(CNCC6CCC(=O)N6)c(OC)n5)c4Cl)c3Cl)cc(Cl)cc21. The lowest BCUT2D eigenvalue weighted by Gasteiger charge is -2.34. The highest BCUT2D eigenvalue weighted by atomic mass is 35.5. The molecule has 3 aromatic carbocycles. The highest BCUT2D eigenvalue weighted by Crippen LogP contribution is 2.44. The molecule has 0 spiro atoms. The molecule has 0 aliphatic carbocycles. The van der Waals surface area contributed by atoms with Crippen molar-refractivity contribution in [3.63, 3.8) is 0 Å². The number of hydrogen-bond acceptors (Lipinski definition) is 8. The second kappa shape index (κ2) is 16.9. The molecule has 10 nitrogen and oxygen atoms in total. The first-order valence-corrected chi connectivity index (χ1v) is 19.2. The number of imidazole rings is 1. The number of pyridine rings is 1. The molecule has 0 radical (unpaired) electrons. The number of carbonyl (C=O) groups is 2. The fourth-order valence-electron chi connectivity index (χ4n) is 7.30. The van der Waals surface area contributed by atoms with Crippen molar-refractivity contribution in [3.8, 4) is 39.8 Å². The van der Waals surface area contributed by atoms with Gasteiger partial charge in [-0.25, -0.2) is 9.97 Å². The van der Waals surface area contributed by atoms with Gasteiger partial charge in [0.1, 0.15) is 11.3 Å². The lowest BCUT2D eigenvalue weighted by atomic mass is 9.98. The summed E-state index contributed by atoms with van der Waals surface area (Å²) >= 11 is 20.8. The van der Waals surface area contributed by atoms with Crippen molar-refractivity contribution in [1.29, 1.82) is 0 Å². The van der Waals surface area contributed by atoms with E-state index in [0.29, 0.717) is 87.4 Å². The van der Waals surface area contributed by atoms with Gasteiger partial charge in [0, 0.05) is 72.0 Å². The number of ether oxygens (including phenoxy) is 2. The number of piperidine rings is 1. The normalized spacial score (nSPS) is 17.4. The molecule has 2 aromatic heterocycles. The van der Waals surface area contributed by atoms with Crippen LogP contribution in [0.15, 0.2) is 79.6 Å². The van der Waals surface area contributed by atoms with Gasteiger partial charge in [0.25, 0.3) is 0 Å². The van der Waals surface area contributed by atoms with E-state index in [1.165, 1.54) is 6.08 Å². The maximum Gasteiger partial charge on any atom is 0.220 e. The van der Waals surface area contributed by atoms with Gasteiger partial charge in [-0.1, -0.05) is 84.2 Å². The molecule has 13 heteroatoms. The minimum atomic E-state index is -0.135. The first-order chi connectivity index (χ1) is 26.2. The summed E-state index contributed by atoms with van der Waals surface area (Å²) in [7, 11) is 1.59. The molecule has 2 aliphatic rings. The summed E-state index contributed by atoms with van der Waals surface area (Å²) in [5.41, 5.74) is 5.10. The number of nitrogens with zero attached hydrogens (tertiary/aromatic N) is 4. The number of halogens is 3. The number of likely N-dealkylation sites (tertiary alicyclic amines) is 1. The molecule has 2 aliphatic heterocycles. The molecule has 5 aromatic rings. The van der Waals surface area contributed by atoms with Gasteiger partial charge < -0.3 is 24.7 Å². The minimum Gasteiger partial charge on any atom is -0.481 e. The number of benzene rings is 3. The van der Waals surface area contributed by atoms with Crippen molar-refractivity contribution < 1.29 is 19.1 Å². The molecule has 2 fully saturated rings. The molecule has 2 N–H and O–H groups in total. The Morgan fingerprint density at radius 3 is 2.57 bits per heavy atom. The van der Waals surface area contributed by atoms with E-state index in [9.17, 15) is 9.59 Å². The van der Waals surface area contributed by atoms with Gasteiger partial charge in [-0.3, -0.25) is 14.5 Å². The van der Waals surface area contributed by atoms with Crippen molar-refractivity contribution in [2.75, 3.05) is 26.7 Å². The average Bonchev–Trinajstić information content (AvgIpc) is 3.80. The molecular weight excluding hydrogens is 747 g/mol. The molecule has 0 bridgehead atoms. The monoisotopic (exact) mass is 786 g/mol. The molecule has 2 unspecified atom stereocenters. The van der Waals surface area contributed by atoms with Crippen LogP contribution in [0.5, 0.6) is 17.4 Å². The highest BCUT2D eigenvalue weighted by Gasteiger charge is 2.27. The van der Waals surface area contributed by atoms with Crippen LogP contribution >= 0.6 is 34.8 Å². The van der Waals surface area contributed by atoms with Crippen LogP contribution in [0.4, 0.5) is 0 Å². The average molecular weight is 788 g/mol. The van der Waals surface area contributed by atoms with Gasteiger partial charge in [0.05, 0.1) is 40.7 Å². The Balaban J connectivity index is 1.10. The Morgan fingerprint density at radius 2 is 1.80 bits per heavy atom. The van der Waals surface area contributed by atoms with E-state index in [1.54, 1.807) is 25.6 Å². The molecular formula is C41H41Cl3N6O4. The van der Waals surface area contributed by atoms with Crippen LogP contribution in [0, 0.1) is 0 Å². The molecule has 2 atom stereocenters. The van der Waals surface area contributed by atoms with E-state index in [2.05, 4.69) is 22.1 Å². The summed E-state index contributed by atoms with van der Waals surface area (Å²) in [5, 5.41) is 7.71. The zero-order valence-corrected chi connectivity index (χ0v) is 32.2. The van der Waals surface area contributed by atoms with Crippen LogP contribution in [0.25, 0.3) is 33.4 Å². The molecule has 280 valence electrons. The summed E-state index contributed by atoms with van der Waals surface area (Å²) in [6.07, 6.45) is 7.53. The van der Waals surface area contributed by atoms with Gasteiger partial charge in [-0.15, -0.1) is 0 Å². The maximum atomic E-state index is 12.5. The van der Waals surface area contributed by atoms with Crippen molar-refractivity contribution in [2.45, 2.75) is 57.3 Å². The van der Waals surface area contributed by atoms with Crippen LogP contribution in [0.1, 0.15) is 37.7 Å². The number of aromatic nitrogens is 3. The molecule has 0 saturated carbocycles. The van der Waals surface area contributed by atoms with E-state index in [0.717, 1.165) is 48.9 Å². The minimum absolute atomic E-state index is 0.0691. The number of amides is 1. The van der Waals surface area contributed by atoms with Crippen molar-refractivity contribution in [2.24, 2.45) is 0 Å². The number of ketones is 1. The Hall–Kier alpha value is -4.45. The maximum absolute atomic E-state index is 12.5. The predicted octanol–water partition coefficient (Wildman–Crippen LogP) is 8.50. The summed E-state index contributed by atoms with van der Waals surface area (Å²) in [6, 6.07) is 18.7. The van der Waals surface area contributed by atoms with Crippen LogP contribution < -0.4 is 20.1 Å². The standard InChI is InChI=1S/C41H41Cl3N6O4/c1-3-34(51)32-11-4-5-17-49(32)18-19-50-24-46-40-33(50)20-26(42)21-36(40)54-35-12-7-9-29(39(35)44)28-8-6-10-30(38(28)43)31-15-13-25(41(48-31)53-2)22-45-23-27-14-16-37(52)47-27/h3,6-10,12-13,15,20-21,24,27,32,45H,1,4-5,11,14,16-19,22-23H2,2H3,(H,47,52). The number of fused-ring (bicyclic) bond motifs is 1. The van der Waals surface area contributed by atoms with Gasteiger partial charge in [0.2, 0.25) is 11.8 Å². The fourth-order valence-corrected chi connectivity index (χ4v) is 8.10. The first-order valence-electron chi connectivity index (χ1n) is 18.1. The third kappa shape index (κ3) is 8.13. The van der Waals surface area contributed by atoms with Crippen molar-refractivity contribution in [1.82, 2.24) is 30.1 Å². The third-order valence-corrected chi connectivity index (χ3v) is 11.1. The van der Waals surface area contributed by atoms with E-state index < -0.39 is 0 Å². The Labute approximate surface area is 329 Å². The van der Waals surface area contributed by atoms with Gasteiger partial charge >= 0.3 is 0 Å². The first kappa shape index (κ1) is 37.8. The zero-order chi connectivity index (χ0) is 37.8. The quantitative estimate of drug-likeness (QED) is 0.108. The Morgan fingerprint density at radius 1 is 1.00 bits per heavy atom. The van der Waals surface area contributed by atoms with Gasteiger partial charge in [-0.2, -0.15) is 0 Å². The number of hydrogen-bond donors (Lipinski definition) is 2. The molecule has 4 heterocycles. The summed E-state index contributed by atoms with van der Waals surface area (Å²) < 4.78 is 14.1. The lowest BCUT2D eigenvalue weighted by Crippen LogP contribution is -2.45. The van der Waals surface area contributed by atoms with E-state index in [1.807, 2.05) is 53.1 Å². The van der Waals surface area contributed by atoms with Crippen molar-refractivity contribution in [3.05, 3.63) is 100 Å². The zero-order valence-electron chi connectivity index (χ0n) is 29.9. The van der Waals surface area contributed by atoms with Crippen LogP contribution in [0.3, 0.4) is 0 Å². The van der Waals surface area contributed by atoms with Gasteiger partial charge in [0.15, 0.2) is 11.5 Å². The highest BCUT2D eigenvalue weighted by molar-refractivity contribution is 6.38. The number of carbonyl (C=O) groups excluding carboxylic acids is 2. The predicted molar refractivity (Wildman–Crippen MR) is 214 cm³/mol. The fraction of sp³-hybridized carbons (Fsp3) is 0.317. The number of nitrogens with one attached hydrogen (secondary N) is 2. The molecule has 7 rings (SSSR count). The smallest absolute Gasteiger partial charge is 0.220 e. The summed E-state index contributed by atoms with van der Waals surface area (Å²) in [4.78, 5) is 35.8. The Bertz CT molecular complexity index is 2210. The largest absolute Gasteiger partial charge is 0.481 e. The molecule has 1 amide bonds. The topological polar surface area (TPSA) is 111 Å². The van der Waals surface area contributed by atoms with Crippen LogP contribution in [-0.2, 0) is 22.7 Å². The second-order valence-electron chi connectivity index (χ2n) is 13.5. The van der Waals surface area contributed by atoms with E-state index in [4.69, 9.17) is 54.2 Å². The number of rotatable bonds is 14. The van der Waals surface area contributed by atoms with Gasteiger partial charge in [-0.05, 0) is 50.1 Å².